The molecule has 13 heavy (non-hydrogen) atoms. The van der Waals surface area contributed by atoms with E-state index < -0.39 is 0 Å². The molecule has 1 saturated heterocycles. The van der Waals surface area contributed by atoms with Crippen molar-refractivity contribution >= 4 is 6.72 Å². The maximum atomic E-state index is 8.74. The molecule has 74 valence electrons. The van der Waals surface area contributed by atoms with Gasteiger partial charge in [0.1, 0.15) is 5.82 Å². The minimum atomic E-state index is 0.237. The molecule has 4 heteroatoms. The number of aliphatic hydroxyl groups excluding tert-OH is 1. The van der Waals surface area contributed by atoms with Crippen LogP contribution in [0.15, 0.2) is 17.4 Å². The summed E-state index contributed by atoms with van der Waals surface area (Å²) >= 11 is 0. The minimum Gasteiger partial charge on any atom is -0.395 e. The van der Waals surface area contributed by atoms with Gasteiger partial charge in [0.2, 0.25) is 0 Å². The van der Waals surface area contributed by atoms with E-state index in [1.54, 1.807) is 0 Å². The number of hydrogen-bond acceptors (Lipinski definition) is 4. The van der Waals surface area contributed by atoms with E-state index in [0.717, 1.165) is 38.5 Å². The second-order valence-corrected chi connectivity index (χ2v) is 3.13. The summed E-state index contributed by atoms with van der Waals surface area (Å²) in [6.07, 6.45) is 0. The van der Waals surface area contributed by atoms with E-state index >= 15 is 0 Å². The second-order valence-electron chi connectivity index (χ2n) is 3.13. The number of nitrogens with zero attached hydrogens (tertiary/aromatic N) is 3. The second kappa shape index (κ2) is 4.99. The van der Waals surface area contributed by atoms with E-state index in [0.29, 0.717) is 0 Å². The summed E-state index contributed by atoms with van der Waals surface area (Å²) in [6, 6.07) is 0. The van der Waals surface area contributed by atoms with E-state index in [2.05, 4.69) is 28.1 Å². The molecule has 0 aliphatic carbocycles. The molecule has 0 spiro atoms. The molecule has 0 radical (unpaired) electrons. The average Bonchev–Trinajstić information content (AvgIpc) is 2.18. The van der Waals surface area contributed by atoms with Gasteiger partial charge in [-0.2, -0.15) is 0 Å². The topological polar surface area (TPSA) is 39.1 Å². The first-order chi connectivity index (χ1) is 6.27. The molecule has 1 aliphatic rings. The van der Waals surface area contributed by atoms with Crippen LogP contribution in [0.5, 0.6) is 0 Å². The van der Waals surface area contributed by atoms with Gasteiger partial charge in [-0.3, -0.25) is 4.90 Å². The molecule has 0 aromatic rings. The Morgan fingerprint density at radius 2 is 1.92 bits per heavy atom. The molecule has 1 N–H and O–H groups in total. The van der Waals surface area contributed by atoms with Crippen molar-refractivity contribution in [2.75, 3.05) is 39.3 Å². The number of rotatable bonds is 4. The SMILES string of the molecule is C=NC(=C)N1CCN(CCO)CC1. The Balaban J connectivity index is 2.30. The van der Waals surface area contributed by atoms with Gasteiger partial charge in [0.15, 0.2) is 0 Å². The van der Waals surface area contributed by atoms with Gasteiger partial charge in [-0.25, -0.2) is 4.99 Å². The van der Waals surface area contributed by atoms with Gasteiger partial charge < -0.3 is 10.0 Å². The minimum absolute atomic E-state index is 0.237. The van der Waals surface area contributed by atoms with Crippen molar-refractivity contribution < 1.29 is 5.11 Å². The molecule has 0 aromatic carbocycles. The fourth-order valence-electron chi connectivity index (χ4n) is 1.47. The zero-order valence-electron chi connectivity index (χ0n) is 7.95. The van der Waals surface area contributed by atoms with Crippen molar-refractivity contribution in [3.63, 3.8) is 0 Å². The van der Waals surface area contributed by atoms with Gasteiger partial charge in [-0.05, 0) is 6.72 Å². The molecule has 0 aromatic heterocycles. The van der Waals surface area contributed by atoms with Gasteiger partial charge in [0.05, 0.1) is 6.61 Å². The molecule has 0 amide bonds. The lowest BCUT2D eigenvalue weighted by Gasteiger charge is -2.35. The van der Waals surface area contributed by atoms with Crippen LogP contribution in [0.4, 0.5) is 0 Å². The first kappa shape index (κ1) is 10.2. The Morgan fingerprint density at radius 1 is 1.31 bits per heavy atom. The molecule has 0 atom stereocenters. The molecule has 1 rings (SSSR count). The van der Waals surface area contributed by atoms with Crippen LogP contribution in [0.1, 0.15) is 0 Å². The zero-order chi connectivity index (χ0) is 9.68. The van der Waals surface area contributed by atoms with Crippen LogP contribution >= 0.6 is 0 Å². The molecule has 0 unspecified atom stereocenters. The lowest BCUT2D eigenvalue weighted by Crippen LogP contribution is -2.46. The molecule has 0 saturated carbocycles. The molecule has 1 aliphatic heterocycles. The van der Waals surface area contributed by atoms with Crippen molar-refractivity contribution in [3.8, 4) is 0 Å². The van der Waals surface area contributed by atoms with Gasteiger partial charge in [-0.15, -0.1) is 0 Å². The van der Waals surface area contributed by atoms with E-state index in [1.165, 1.54) is 0 Å². The van der Waals surface area contributed by atoms with Crippen molar-refractivity contribution in [2.24, 2.45) is 4.99 Å². The summed E-state index contributed by atoms with van der Waals surface area (Å²) in [7, 11) is 0. The Hall–Kier alpha value is -0.870. The fourth-order valence-corrected chi connectivity index (χ4v) is 1.47. The first-order valence-corrected chi connectivity index (χ1v) is 4.51. The molecule has 1 heterocycles. The highest BCUT2D eigenvalue weighted by molar-refractivity contribution is 5.27. The largest absolute Gasteiger partial charge is 0.395 e. The Bertz CT molecular complexity index is 185. The van der Waals surface area contributed by atoms with Crippen molar-refractivity contribution in [1.82, 2.24) is 9.80 Å². The lowest BCUT2D eigenvalue weighted by atomic mass is 10.3. The van der Waals surface area contributed by atoms with Crippen LogP contribution in [-0.2, 0) is 0 Å². The van der Waals surface area contributed by atoms with Gasteiger partial charge in [-0.1, -0.05) is 6.58 Å². The van der Waals surface area contributed by atoms with Crippen LogP contribution in [-0.4, -0.2) is 61.0 Å². The number of hydrogen-bond donors (Lipinski definition) is 1. The van der Waals surface area contributed by atoms with Gasteiger partial charge in [0.25, 0.3) is 0 Å². The maximum absolute atomic E-state index is 8.74. The van der Waals surface area contributed by atoms with Crippen LogP contribution in [0.3, 0.4) is 0 Å². The van der Waals surface area contributed by atoms with Gasteiger partial charge in [0, 0.05) is 32.7 Å². The Kier molecular flexibility index (Phi) is 3.92. The van der Waals surface area contributed by atoms with Crippen molar-refractivity contribution in [1.29, 1.82) is 0 Å². The first-order valence-electron chi connectivity index (χ1n) is 4.51. The molecule has 4 nitrogen and oxygen atoms in total. The van der Waals surface area contributed by atoms with E-state index in [-0.39, 0.29) is 6.61 Å². The van der Waals surface area contributed by atoms with Crippen LogP contribution in [0, 0.1) is 0 Å². The quantitative estimate of drug-likeness (QED) is 0.612. The monoisotopic (exact) mass is 183 g/mol. The summed E-state index contributed by atoms with van der Waals surface area (Å²) in [5, 5.41) is 8.74. The molecule has 0 bridgehead atoms. The Morgan fingerprint density at radius 3 is 2.38 bits per heavy atom. The van der Waals surface area contributed by atoms with Crippen LogP contribution in [0.2, 0.25) is 0 Å². The van der Waals surface area contributed by atoms with E-state index in [1.807, 2.05) is 0 Å². The highest BCUT2D eigenvalue weighted by atomic mass is 16.3. The third-order valence-corrected chi connectivity index (χ3v) is 2.34. The third kappa shape index (κ3) is 2.82. The fraction of sp³-hybridized carbons (Fsp3) is 0.667. The smallest absolute Gasteiger partial charge is 0.120 e. The molecular formula is C9H17N3O. The summed E-state index contributed by atoms with van der Waals surface area (Å²) in [6.45, 7) is 12.0. The van der Waals surface area contributed by atoms with Crippen molar-refractivity contribution in [2.45, 2.75) is 0 Å². The maximum Gasteiger partial charge on any atom is 0.120 e. The standard InChI is InChI=1S/C9H17N3O/c1-9(10-2)12-5-3-11(4-6-12)7-8-13/h13H,1-8H2. The summed E-state index contributed by atoms with van der Waals surface area (Å²) in [5.41, 5.74) is 0. The summed E-state index contributed by atoms with van der Waals surface area (Å²) < 4.78 is 0. The van der Waals surface area contributed by atoms with Crippen molar-refractivity contribution in [3.05, 3.63) is 12.4 Å². The number of aliphatic imine (C=N–C) groups is 1. The van der Waals surface area contributed by atoms with E-state index in [9.17, 15) is 0 Å². The normalized spacial score (nSPS) is 18.7. The van der Waals surface area contributed by atoms with E-state index in [4.69, 9.17) is 5.11 Å². The summed E-state index contributed by atoms with van der Waals surface area (Å²) in [4.78, 5) is 8.14. The lowest BCUT2D eigenvalue weighted by molar-refractivity contribution is 0.131. The zero-order valence-corrected chi connectivity index (χ0v) is 7.95. The highest BCUT2D eigenvalue weighted by Gasteiger charge is 2.16. The van der Waals surface area contributed by atoms with Crippen LogP contribution in [0.25, 0.3) is 0 Å². The highest BCUT2D eigenvalue weighted by Crippen LogP contribution is 2.07. The number of piperazine rings is 1. The Labute approximate surface area is 79.2 Å². The number of β-amino-alcohol motifs (C(OH)–C–C–N with tert-alkyl or cyclic N) is 1. The van der Waals surface area contributed by atoms with Gasteiger partial charge >= 0.3 is 0 Å². The number of aliphatic hydroxyl groups is 1. The van der Waals surface area contributed by atoms with Crippen LogP contribution < -0.4 is 0 Å². The third-order valence-electron chi connectivity index (χ3n) is 2.34. The average molecular weight is 183 g/mol. The molecule has 1 fully saturated rings. The summed E-state index contributed by atoms with van der Waals surface area (Å²) in [5.74, 6) is 0.753. The predicted octanol–water partition coefficient (Wildman–Crippen LogP) is -0.232. The molecular weight excluding hydrogens is 166 g/mol. The predicted molar refractivity (Wildman–Crippen MR) is 53.8 cm³/mol.